The van der Waals surface area contributed by atoms with Crippen molar-refractivity contribution < 1.29 is 26.5 Å². The van der Waals surface area contributed by atoms with Gasteiger partial charge in [-0.2, -0.15) is 13.2 Å². The molecular formula is C13H8F3NO4S2. The lowest BCUT2D eigenvalue weighted by Gasteiger charge is -2.07. The smallest absolute Gasteiger partial charge is 0.258 e. The first kappa shape index (κ1) is 17.3. The molecule has 2 aromatic rings. The summed E-state index contributed by atoms with van der Waals surface area (Å²) in [4.78, 5) is 9.36. The van der Waals surface area contributed by atoms with Crippen LogP contribution in [0.25, 0.3) is 0 Å². The molecule has 23 heavy (non-hydrogen) atoms. The molecule has 5 nitrogen and oxygen atoms in total. The first-order chi connectivity index (χ1) is 10.6. The number of thioether (sulfide) groups is 1. The van der Waals surface area contributed by atoms with Crippen LogP contribution in [0.2, 0.25) is 0 Å². The highest BCUT2D eigenvalue weighted by Gasteiger charge is 2.29. The Bertz CT molecular complexity index is 816. The number of alkyl halides is 3. The third-order valence-electron chi connectivity index (χ3n) is 2.73. The Kier molecular flexibility index (Phi) is 4.66. The van der Waals surface area contributed by atoms with Gasteiger partial charge in [-0.05, 0) is 48.2 Å². The van der Waals surface area contributed by atoms with E-state index in [2.05, 4.69) is 0 Å². The molecule has 0 unspecified atom stereocenters. The molecule has 2 rings (SSSR count). The fourth-order valence-corrected chi connectivity index (χ4v) is 3.50. The van der Waals surface area contributed by atoms with E-state index in [0.717, 1.165) is 48.5 Å². The number of benzene rings is 2. The normalized spacial score (nSPS) is 12.1. The summed E-state index contributed by atoms with van der Waals surface area (Å²) in [5.41, 5.74) is -4.72. The van der Waals surface area contributed by atoms with Gasteiger partial charge in [-0.15, -0.1) is 0 Å². The van der Waals surface area contributed by atoms with Crippen molar-refractivity contribution in [3.05, 3.63) is 58.6 Å². The van der Waals surface area contributed by atoms with Crippen molar-refractivity contribution in [2.24, 2.45) is 0 Å². The number of sulfone groups is 1. The van der Waals surface area contributed by atoms with Crippen molar-refractivity contribution in [3.63, 3.8) is 0 Å². The largest absolute Gasteiger partial charge is 0.446 e. The van der Waals surface area contributed by atoms with Gasteiger partial charge in [0.15, 0.2) is 0 Å². The van der Waals surface area contributed by atoms with Gasteiger partial charge in [0.2, 0.25) is 9.84 Å². The molecule has 0 radical (unpaired) electrons. The van der Waals surface area contributed by atoms with E-state index in [1.165, 1.54) is 0 Å². The zero-order chi connectivity index (χ0) is 17.3. The van der Waals surface area contributed by atoms with Crippen LogP contribution in [-0.4, -0.2) is 18.8 Å². The van der Waals surface area contributed by atoms with Crippen LogP contribution in [0.1, 0.15) is 0 Å². The zero-order valence-corrected chi connectivity index (χ0v) is 12.8. The van der Waals surface area contributed by atoms with Gasteiger partial charge in [0.05, 0.1) is 14.7 Å². The zero-order valence-electron chi connectivity index (χ0n) is 11.1. The molecule has 0 bridgehead atoms. The molecule has 0 N–H and O–H groups in total. The van der Waals surface area contributed by atoms with Crippen LogP contribution in [0.5, 0.6) is 0 Å². The van der Waals surface area contributed by atoms with E-state index in [1.807, 2.05) is 0 Å². The maximum atomic E-state index is 12.3. The second kappa shape index (κ2) is 6.20. The average Bonchev–Trinajstić information content (AvgIpc) is 2.46. The second-order valence-corrected chi connectivity index (χ2v) is 7.36. The van der Waals surface area contributed by atoms with Gasteiger partial charge in [-0.25, -0.2) is 8.42 Å². The maximum absolute atomic E-state index is 12.3. The van der Waals surface area contributed by atoms with Crippen molar-refractivity contribution in [1.82, 2.24) is 0 Å². The molecule has 0 fully saturated rings. The molecule has 0 saturated heterocycles. The Balaban J connectivity index is 2.30. The van der Waals surface area contributed by atoms with Crippen LogP contribution < -0.4 is 0 Å². The Morgan fingerprint density at radius 3 is 1.74 bits per heavy atom. The van der Waals surface area contributed by atoms with Crippen molar-refractivity contribution in [2.45, 2.75) is 20.2 Å². The van der Waals surface area contributed by atoms with Gasteiger partial charge in [0, 0.05) is 17.0 Å². The van der Waals surface area contributed by atoms with Crippen molar-refractivity contribution >= 4 is 27.3 Å². The Morgan fingerprint density at radius 1 is 0.913 bits per heavy atom. The molecule has 0 atom stereocenters. The minimum atomic E-state index is -4.46. The molecule has 0 aliphatic rings. The van der Waals surface area contributed by atoms with E-state index in [9.17, 15) is 31.7 Å². The Hall–Kier alpha value is -2.07. The number of halogens is 3. The molecule has 0 spiro atoms. The molecule has 0 aromatic heterocycles. The summed E-state index contributed by atoms with van der Waals surface area (Å²) in [6, 6.07) is 8.46. The summed E-state index contributed by atoms with van der Waals surface area (Å²) >= 11 is -0.349. The van der Waals surface area contributed by atoms with Crippen LogP contribution >= 0.6 is 11.8 Å². The van der Waals surface area contributed by atoms with E-state index in [1.54, 1.807) is 0 Å². The predicted molar refractivity (Wildman–Crippen MR) is 76.9 cm³/mol. The first-order valence-electron chi connectivity index (χ1n) is 5.95. The maximum Gasteiger partial charge on any atom is 0.446 e. The van der Waals surface area contributed by atoms with E-state index in [0.29, 0.717) is 0 Å². The highest BCUT2D eigenvalue weighted by atomic mass is 32.2. The molecule has 0 aliphatic carbocycles. The van der Waals surface area contributed by atoms with Crippen molar-refractivity contribution in [1.29, 1.82) is 0 Å². The van der Waals surface area contributed by atoms with Gasteiger partial charge in [0.1, 0.15) is 0 Å². The number of hydrogen-bond acceptors (Lipinski definition) is 5. The fourth-order valence-electron chi connectivity index (χ4n) is 1.70. The molecule has 10 heteroatoms. The van der Waals surface area contributed by atoms with Gasteiger partial charge in [0.25, 0.3) is 5.69 Å². The Morgan fingerprint density at radius 2 is 1.35 bits per heavy atom. The summed E-state index contributed by atoms with van der Waals surface area (Å²) in [5.74, 6) is 0. The van der Waals surface area contributed by atoms with Gasteiger partial charge >= 0.3 is 5.51 Å². The molecule has 2 aromatic carbocycles. The van der Waals surface area contributed by atoms with Gasteiger partial charge < -0.3 is 0 Å². The summed E-state index contributed by atoms with van der Waals surface area (Å²) < 4.78 is 61.3. The highest BCUT2D eigenvalue weighted by Crippen LogP contribution is 2.37. The number of nitro benzene ring substituents is 1. The molecule has 122 valence electrons. The van der Waals surface area contributed by atoms with Gasteiger partial charge in [-0.1, -0.05) is 0 Å². The average molecular weight is 363 g/mol. The van der Waals surface area contributed by atoms with E-state index >= 15 is 0 Å². The van der Waals surface area contributed by atoms with Gasteiger partial charge in [-0.3, -0.25) is 10.1 Å². The lowest BCUT2D eigenvalue weighted by atomic mass is 10.3. The van der Waals surface area contributed by atoms with E-state index in [4.69, 9.17) is 0 Å². The highest BCUT2D eigenvalue weighted by molar-refractivity contribution is 8.00. The molecular weight excluding hydrogens is 355 g/mol. The number of rotatable bonds is 4. The standard InChI is InChI=1S/C13H8F3NO4S2/c14-13(15,16)22-10-3-7-12(8-4-10)23(20,21)11-5-1-9(2-6-11)17(18)19/h1-8H. The third kappa shape index (κ3) is 4.23. The van der Waals surface area contributed by atoms with Crippen LogP contribution in [0, 0.1) is 10.1 Å². The number of nitrogens with zero attached hydrogens (tertiary/aromatic N) is 1. The number of nitro groups is 1. The monoisotopic (exact) mass is 363 g/mol. The summed E-state index contributed by atoms with van der Waals surface area (Å²) in [6.45, 7) is 0. The quantitative estimate of drug-likeness (QED) is 0.465. The molecule has 0 saturated carbocycles. The number of hydrogen-bond donors (Lipinski definition) is 0. The Labute approximate surface area is 133 Å². The predicted octanol–water partition coefficient (Wildman–Crippen LogP) is 4.04. The van der Waals surface area contributed by atoms with E-state index in [-0.39, 0.29) is 32.1 Å². The topological polar surface area (TPSA) is 77.3 Å². The molecule has 0 amide bonds. The summed E-state index contributed by atoms with van der Waals surface area (Å²) in [7, 11) is -3.96. The second-order valence-electron chi connectivity index (χ2n) is 4.27. The van der Waals surface area contributed by atoms with Crippen LogP contribution in [-0.2, 0) is 9.84 Å². The minimum absolute atomic E-state index is 0.139. The fraction of sp³-hybridized carbons (Fsp3) is 0.0769. The minimum Gasteiger partial charge on any atom is -0.258 e. The summed E-state index contributed by atoms with van der Waals surface area (Å²) in [6.07, 6.45) is 0. The third-order valence-corrected chi connectivity index (χ3v) is 5.25. The lowest BCUT2D eigenvalue weighted by Crippen LogP contribution is -2.03. The SMILES string of the molecule is O=[N+]([O-])c1ccc(S(=O)(=O)c2ccc(SC(F)(F)F)cc2)cc1. The van der Waals surface area contributed by atoms with Crippen molar-refractivity contribution in [2.75, 3.05) is 0 Å². The van der Waals surface area contributed by atoms with Crippen LogP contribution in [0.3, 0.4) is 0 Å². The first-order valence-corrected chi connectivity index (χ1v) is 8.25. The van der Waals surface area contributed by atoms with Crippen LogP contribution in [0.15, 0.2) is 63.2 Å². The summed E-state index contributed by atoms with van der Waals surface area (Å²) in [5, 5.41) is 10.5. The van der Waals surface area contributed by atoms with E-state index < -0.39 is 20.3 Å². The van der Waals surface area contributed by atoms with Crippen LogP contribution in [0.4, 0.5) is 18.9 Å². The lowest BCUT2D eigenvalue weighted by molar-refractivity contribution is -0.384. The molecule has 0 aliphatic heterocycles. The number of non-ortho nitro benzene ring substituents is 1. The van der Waals surface area contributed by atoms with Crippen molar-refractivity contribution in [3.8, 4) is 0 Å². The molecule has 0 heterocycles.